The molecule has 0 spiro atoms. The van der Waals surface area contributed by atoms with E-state index in [-0.39, 0.29) is 0 Å². The van der Waals surface area contributed by atoms with Crippen LogP contribution in [0.4, 0.5) is 0 Å². The number of guanidine groups is 1. The fourth-order valence-electron chi connectivity index (χ4n) is 4.15. The molecule has 0 amide bonds. The number of rotatable bonds is 2. The SMILES string of the molecule is NC(=NCC1C2Cc3ccccc3C12)N1CCCCC1. The third-order valence-corrected chi connectivity index (χ3v) is 5.35. The van der Waals surface area contributed by atoms with Gasteiger partial charge in [0.25, 0.3) is 0 Å². The van der Waals surface area contributed by atoms with Gasteiger partial charge in [-0.3, -0.25) is 4.99 Å². The fraction of sp³-hybridized carbons (Fsp3) is 0.588. The quantitative estimate of drug-likeness (QED) is 0.661. The monoisotopic (exact) mass is 269 g/mol. The summed E-state index contributed by atoms with van der Waals surface area (Å²) in [5.41, 5.74) is 9.29. The van der Waals surface area contributed by atoms with E-state index < -0.39 is 0 Å². The second kappa shape index (κ2) is 4.80. The van der Waals surface area contributed by atoms with Crippen molar-refractivity contribution in [2.24, 2.45) is 22.6 Å². The number of fused-ring (bicyclic) bond motifs is 3. The zero-order valence-corrected chi connectivity index (χ0v) is 12.0. The maximum atomic E-state index is 6.15. The second-order valence-electron chi connectivity index (χ2n) is 6.50. The first-order chi connectivity index (χ1) is 9.84. The Balaban J connectivity index is 1.38. The highest BCUT2D eigenvalue weighted by molar-refractivity contribution is 5.78. The summed E-state index contributed by atoms with van der Waals surface area (Å²) in [5.74, 6) is 3.13. The van der Waals surface area contributed by atoms with E-state index in [0.717, 1.165) is 43.3 Å². The number of likely N-dealkylation sites (tertiary alicyclic amines) is 1. The van der Waals surface area contributed by atoms with Crippen LogP contribution >= 0.6 is 0 Å². The molecule has 3 heteroatoms. The van der Waals surface area contributed by atoms with Crippen molar-refractivity contribution in [2.75, 3.05) is 19.6 Å². The van der Waals surface area contributed by atoms with Gasteiger partial charge >= 0.3 is 0 Å². The van der Waals surface area contributed by atoms with Gasteiger partial charge in [-0.1, -0.05) is 24.3 Å². The summed E-state index contributed by atoms with van der Waals surface area (Å²) in [5, 5.41) is 0. The van der Waals surface area contributed by atoms with Gasteiger partial charge in [-0.05, 0) is 54.6 Å². The Morgan fingerprint density at radius 3 is 2.85 bits per heavy atom. The summed E-state index contributed by atoms with van der Waals surface area (Å²) >= 11 is 0. The molecule has 1 saturated heterocycles. The molecule has 3 aliphatic rings. The number of piperidine rings is 1. The number of aliphatic imine (C=N–C) groups is 1. The molecule has 1 aliphatic heterocycles. The molecule has 20 heavy (non-hydrogen) atoms. The van der Waals surface area contributed by atoms with E-state index in [4.69, 9.17) is 5.73 Å². The number of nitrogens with two attached hydrogens (primary N) is 1. The summed E-state index contributed by atoms with van der Waals surface area (Å²) in [4.78, 5) is 6.95. The van der Waals surface area contributed by atoms with E-state index in [1.54, 1.807) is 11.1 Å². The molecule has 0 aromatic heterocycles. The molecule has 1 saturated carbocycles. The average molecular weight is 269 g/mol. The predicted octanol–water partition coefficient (Wildman–Crippen LogP) is 2.37. The standard InChI is InChI=1S/C17H23N3/c18-17(20-8-4-1-5-9-20)19-11-15-14-10-12-6-2-3-7-13(12)16(14)15/h2-3,6-7,14-16H,1,4-5,8-11H2,(H2,18,19). The lowest BCUT2D eigenvalue weighted by atomic mass is 10.0. The smallest absolute Gasteiger partial charge is 0.191 e. The van der Waals surface area contributed by atoms with Crippen LogP contribution in [0.1, 0.15) is 36.3 Å². The number of benzene rings is 1. The molecule has 106 valence electrons. The lowest BCUT2D eigenvalue weighted by Crippen LogP contribution is -2.41. The molecule has 1 aromatic carbocycles. The molecular formula is C17H23N3. The van der Waals surface area contributed by atoms with Crippen LogP contribution in [0.15, 0.2) is 29.3 Å². The highest BCUT2D eigenvalue weighted by atomic mass is 15.3. The van der Waals surface area contributed by atoms with E-state index in [2.05, 4.69) is 34.2 Å². The summed E-state index contributed by atoms with van der Waals surface area (Å²) in [7, 11) is 0. The van der Waals surface area contributed by atoms with Crippen LogP contribution in [0.2, 0.25) is 0 Å². The third-order valence-electron chi connectivity index (χ3n) is 5.35. The van der Waals surface area contributed by atoms with Crippen molar-refractivity contribution in [2.45, 2.75) is 31.6 Å². The minimum Gasteiger partial charge on any atom is -0.370 e. The largest absolute Gasteiger partial charge is 0.370 e. The molecule has 0 radical (unpaired) electrons. The first-order valence-corrected chi connectivity index (χ1v) is 7.97. The molecule has 1 heterocycles. The van der Waals surface area contributed by atoms with E-state index >= 15 is 0 Å². The normalized spacial score (nSPS) is 31.9. The van der Waals surface area contributed by atoms with Gasteiger partial charge in [0, 0.05) is 19.6 Å². The Hall–Kier alpha value is -1.51. The van der Waals surface area contributed by atoms with Gasteiger partial charge in [0.05, 0.1) is 0 Å². The zero-order valence-electron chi connectivity index (χ0n) is 12.0. The lowest BCUT2D eigenvalue weighted by molar-refractivity contribution is 0.338. The third kappa shape index (κ3) is 2.00. The maximum absolute atomic E-state index is 6.15. The van der Waals surface area contributed by atoms with Crippen molar-refractivity contribution in [1.82, 2.24) is 4.90 Å². The molecule has 4 rings (SSSR count). The minimum atomic E-state index is 0.744. The van der Waals surface area contributed by atoms with E-state index in [9.17, 15) is 0 Å². The Morgan fingerprint density at radius 1 is 1.20 bits per heavy atom. The van der Waals surface area contributed by atoms with Gasteiger partial charge in [-0.25, -0.2) is 0 Å². The number of hydrogen-bond acceptors (Lipinski definition) is 1. The molecule has 1 aromatic rings. The molecule has 3 nitrogen and oxygen atoms in total. The lowest BCUT2D eigenvalue weighted by Gasteiger charge is -2.27. The van der Waals surface area contributed by atoms with Crippen LogP contribution in [0, 0.1) is 11.8 Å². The maximum Gasteiger partial charge on any atom is 0.191 e. The van der Waals surface area contributed by atoms with E-state index in [1.165, 1.54) is 25.7 Å². The first-order valence-electron chi connectivity index (χ1n) is 7.97. The zero-order chi connectivity index (χ0) is 13.5. The number of nitrogens with zero attached hydrogens (tertiary/aromatic N) is 2. The first kappa shape index (κ1) is 12.2. The minimum absolute atomic E-state index is 0.744. The van der Waals surface area contributed by atoms with Crippen molar-refractivity contribution < 1.29 is 0 Å². The topological polar surface area (TPSA) is 41.6 Å². The Bertz CT molecular complexity index is 531. The van der Waals surface area contributed by atoms with E-state index in [0.29, 0.717) is 0 Å². The van der Waals surface area contributed by atoms with Gasteiger partial charge in [-0.15, -0.1) is 0 Å². The van der Waals surface area contributed by atoms with Crippen LogP contribution in [-0.2, 0) is 6.42 Å². The van der Waals surface area contributed by atoms with E-state index in [1.807, 2.05) is 0 Å². The van der Waals surface area contributed by atoms with Gasteiger partial charge < -0.3 is 10.6 Å². The van der Waals surface area contributed by atoms with Crippen molar-refractivity contribution in [3.63, 3.8) is 0 Å². The Kier molecular flexibility index (Phi) is 2.94. The molecule has 2 aliphatic carbocycles. The van der Waals surface area contributed by atoms with Crippen LogP contribution in [-0.4, -0.2) is 30.5 Å². The van der Waals surface area contributed by atoms with Gasteiger partial charge in [0.1, 0.15) is 0 Å². The molecule has 2 fully saturated rings. The molecule has 2 N–H and O–H groups in total. The van der Waals surface area contributed by atoms with Crippen molar-refractivity contribution >= 4 is 5.96 Å². The summed E-state index contributed by atoms with van der Waals surface area (Å²) in [6, 6.07) is 8.91. The van der Waals surface area contributed by atoms with Gasteiger partial charge in [0.2, 0.25) is 0 Å². The summed E-state index contributed by atoms with van der Waals surface area (Å²) in [6.45, 7) is 3.11. The van der Waals surface area contributed by atoms with Crippen molar-refractivity contribution in [3.05, 3.63) is 35.4 Å². The molecule has 3 unspecified atom stereocenters. The second-order valence-corrected chi connectivity index (χ2v) is 6.50. The van der Waals surface area contributed by atoms with Crippen molar-refractivity contribution in [1.29, 1.82) is 0 Å². The van der Waals surface area contributed by atoms with Gasteiger partial charge in [0.15, 0.2) is 5.96 Å². The Morgan fingerprint density at radius 2 is 2.00 bits per heavy atom. The van der Waals surface area contributed by atoms with Crippen LogP contribution in [0.5, 0.6) is 0 Å². The molecular weight excluding hydrogens is 246 g/mol. The van der Waals surface area contributed by atoms with Crippen LogP contribution in [0.3, 0.4) is 0 Å². The summed E-state index contributed by atoms with van der Waals surface area (Å²) < 4.78 is 0. The molecule has 0 bridgehead atoms. The predicted molar refractivity (Wildman–Crippen MR) is 81.8 cm³/mol. The highest BCUT2D eigenvalue weighted by Crippen LogP contribution is 2.61. The fourth-order valence-corrected chi connectivity index (χ4v) is 4.15. The number of hydrogen-bond donors (Lipinski definition) is 1. The van der Waals surface area contributed by atoms with Crippen LogP contribution < -0.4 is 5.73 Å². The highest BCUT2D eigenvalue weighted by Gasteiger charge is 2.54. The Labute approximate surface area is 120 Å². The molecule has 3 atom stereocenters. The van der Waals surface area contributed by atoms with Crippen LogP contribution in [0.25, 0.3) is 0 Å². The van der Waals surface area contributed by atoms with Crippen molar-refractivity contribution in [3.8, 4) is 0 Å². The summed E-state index contributed by atoms with van der Waals surface area (Å²) in [6.07, 6.45) is 5.12. The average Bonchev–Trinajstić information content (AvgIpc) is 3.04. The van der Waals surface area contributed by atoms with Gasteiger partial charge in [-0.2, -0.15) is 0 Å².